The van der Waals surface area contributed by atoms with E-state index < -0.39 is 0 Å². The van der Waals surface area contributed by atoms with Gasteiger partial charge in [-0.3, -0.25) is 0 Å². The summed E-state index contributed by atoms with van der Waals surface area (Å²) in [7, 11) is 0. The van der Waals surface area contributed by atoms with E-state index in [1.165, 1.54) is 39.2 Å². The Morgan fingerprint density at radius 2 is 1.43 bits per heavy atom. The first-order valence-electron chi connectivity index (χ1n) is 8.20. The molecule has 0 atom stereocenters. The Kier molecular flexibility index (Phi) is 5.49. The lowest BCUT2D eigenvalue weighted by molar-refractivity contribution is 1.07. The Balaban J connectivity index is 1.95. The quantitative estimate of drug-likeness (QED) is 0.691. The molecule has 0 amide bonds. The first-order valence-corrected chi connectivity index (χ1v) is 8.20. The van der Waals surface area contributed by atoms with E-state index in [0.29, 0.717) is 0 Å². The zero-order valence-corrected chi connectivity index (χ0v) is 15.0. The maximum Gasteiger partial charge on any atom is 0.0373 e. The summed E-state index contributed by atoms with van der Waals surface area (Å²) in [4.78, 5) is 0. The monoisotopic (exact) mass is 308 g/mol. The maximum absolute atomic E-state index is 4.05. The normalized spacial score (nSPS) is 10.5. The van der Waals surface area contributed by atoms with Gasteiger partial charge in [-0.1, -0.05) is 24.3 Å². The molecule has 0 aliphatic heterocycles. The van der Waals surface area contributed by atoms with Gasteiger partial charge in [-0.2, -0.15) is 0 Å². The number of nitrogens with one attached hydrogen (secondary N) is 2. The number of aryl methyl sites for hydroxylation is 4. The second-order valence-electron chi connectivity index (χ2n) is 6.43. The fourth-order valence-electron chi connectivity index (χ4n) is 2.79. The summed E-state index contributed by atoms with van der Waals surface area (Å²) >= 11 is 0. The molecule has 23 heavy (non-hydrogen) atoms. The zero-order chi connectivity index (χ0) is 17.0. The summed E-state index contributed by atoms with van der Waals surface area (Å²) in [6.45, 7) is 16.4. The van der Waals surface area contributed by atoms with Crippen LogP contribution in [0.4, 0.5) is 11.4 Å². The molecule has 0 aliphatic carbocycles. The smallest absolute Gasteiger partial charge is 0.0373 e. The molecule has 2 aromatic rings. The fourth-order valence-corrected chi connectivity index (χ4v) is 2.79. The van der Waals surface area contributed by atoms with Gasteiger partial charge in [-0.05, 0) is 80.6 Å². The molecular formula is C21H28N2. The van der Waals surface area contributed by atoms with E-state index in [9.17, 15) is 0 Å². The Hall–Kier alpha value is -2.22. The van der Waals surface area contributed by atoms with Gasteiger partial charge >= 0.3 is 0 Å². The predicted molar refractivity (Wildman–Crippen MR) is 104 cm³/mol. The first kappa shape index (κ1) is 17.1. The van der Waals surface area contributed by atoms with Crippen LogP contribution in [0.1, 0.15) is 34.7 Å². The highest BCUT2D eigenvalue weighted by Gasteiger charge is 2.05. The van der Waals surface area contributed by atoms with Gasteiger partial charge in [0.2, 0.25) is 0 Å². The number of allylic oxidation sites excluding steroid dienone is 1. The zero-order valence-electron chi connectivity index (χ0n) is 15.0. The topological polar surface area (TPSA) is 24.1 Å². The molecule has 0 bridgehead atoms. The van der Waals surface area contributed by atoms with Gasteiger partial charge in [-0.15, -0.1) is 0 Å². The highest BCUT2D eigenvalue weighted by Crippen LogP contribution is 2.24. The minimum absolute atomic E-state index is 0.889. The van der Waals surface area contributed by atoms with Gasteiger partial charge in [-0.25, -0.2) is 0 Å². The molecule has 2 rings (SSSR count). The van der Waals surface area contributed by atoms with Crippen molar-refractivity contribution in [1.29, 1.82) is 0 Å². The molecule has 2 nitrogen and oxygen atoms in total. The molecule has 0 heterocycles. The van der Waals surface area contributed by atoms with Crippen molar-refractivity contribution in [3.63, 3.8) is 0 Å². The molecule has 2 aromatic carbocycles. The van der Waals surface area contributed by atoms with E-state index in [1.54, 1.807) is 0 Å². The van der Waals surface area contributed by atoms with Crippen molar-refractivity contribution < 1.29 is 0 Å². The molecule has 0 aromatic heterocycles. The van der Waals surface area contributed by atoms with Crippen LogP contribution in [0.2, 0.25) is 0 Å². The lowest BCUT2D eigenvalue weighted by atomic mass is 9.99. The largest absolute Gasteiger partial charge is 0.383 e. The number of rotatable bonds is 6. The third-order valence-corrected chi connectivity index (χ3v) is 4.18. The number of hydrogen-bond donors (Lipinski definition) is 2. The third-order valence-electron chi connectivity index (χ3n) is 4.18. The van der Waals surface area contributed by atoms with E-state index in [1.807, 2.05) is 0 Å². The van der Waals surface area contributed by atoms with Gasteiger partial charge in [0.1, 0.15) is 0 Å². The molecule has 0 unspecified atom stereocenters. The SMILES string of the molecule is C=C(C)c1cc(C)c(NCCNc2cc(C)ccc2C)cc1C. The lowest BCUT2D eigenvalue weighted by Gasteiger charge is -2.15. The highest BCUT2D eigenvalue weighted by molar-refractivity contribution is 5.69. The van der Waals surface area contributed by atoms with E-state index in [0.717, 1.165) is 18.7 Å². The summed E-state index contributed by atoms with van der Waals surface area (Å²) in [5.41, 5.74) is 9.90. The Labute approximate surface area is 140 Å². The number of hydrogen-bond acceptors (Lipinski definition) is 2. The minimum atomic E-state index is 0.889. The summed E-state index contributed by atoms with van der Waals surface area (Å²) in [6.07, 6.45) is 0. The van der Waals surface area contributed by atoms with E-state index >= 15 is 0 Å². The predicted octanol–water partition coefficient (Wildman–Crippen LogP) is 5.48. The number of anilines is 2. The van der Waals surface area contributed by atoms with Gasteiger partial charge in [0.05, 0.1) is 0 Å². The fraction of sp³-hybridized carbons (Fsp3) is 0.333. The molecule has 2 heteroatoms. The van der Waals surface area contributed by atoms with Gasteiger partial charge in [0.15, 0.2) is 0 Å². The molecule has 0 saturated heterocycles. The molecule has 0 saturated carbocycles. The third kappa shape index (κ3) is 4.38. The van der Waals surface area contributed by atoms with Gasteiger partial charge in [0.25, 0.3) is 0 Å². The van der Waals surface area contributed by atoms with E-state index in [2.05, 4.69) is 82.2 Å². The standard InChI is InChI=1S/C21H28N2/c1-14(2)19-12-18(6)21(13-17(19)5)23-10-9-22-20-11-15(3)7-8-16(20)4/h7-8,11-13,22-23H,1,9-10H2,2-6H3. The summed E-state index contributed by atoms with van der Waals surface area (Å²) in [5.74, 6) is 0. The summed E-state index contributed by atoms with van der Waals surface area (Å²) < 4.78 is 0. The average Bonchev–Trinajstić information content (AvgIpc) is 2.49. The van der Waals surface area contributed by atoms with Crippen molar-refractivity contribution >= 4 is 16.9 Å². The molecule has 2 N–H and O–H groups in total. The molecule has 0 radical (unpaired) electrons. The van der Waals surface area contributed by atoms with Gasteiger partial charge in [0, 0.05) is 24.5 Å². The lowest BCUT2D eigenvalue weighted by Crippen LogP contribution is -2.15. The number of benzene rings is 2. The average molecular weight is 308 g/mol. The van der Waals surface area contributed by atoms with Crippen LogP contribution in [-0.2, 0) is 0 Å². The van der Waals surface area contributed by atoms with Crippen LogP contribution in [0, 0.1) is 27.7 Å². The summed E-state index contributed by atoms with van der Waals surface area (Å²) in [5, 5.41) is 7.04. The molecule has 122 valence electrons. The molecule has 0 spiro atoms. The second-order valence-corrected chi connectivity index (χ2v) is 6.43. The van der Waals surface area contributed by atoms with Crippen LogP contribution in [0.5, 0.6) is 0 Å². The Morgan fingerprint density at radius 3 is 2.04 bits per heavy atom. The van der Waals surface area contributed by atoms with Crippen molar-refractivity contribution in [2.75, 3.05) is 23.7 Å². The van der Waals surface area contributed by atoms with Crippen LogP contribution in [0.25, 0.3) is 5.57 Å². The van der Waals surface area contributed by atoms with Crippen LogP contribution in [-0.4, -0.2) is 13.1 Å². The van der Waals surface area contributed by atoms with Crippen molar-refractivity contribution in [2.45, 2.75) is 34.6 Å². The van der Waals surface area contributed by atoms with Gasteiger partial charge < -0.3 is 10.6 Å². The Morgan fingerprint density at radius 1 is 0.826 bits per heavy atom. The molecular weight excluding hydrogens is 280 g/mol. The van der Waals surface area contributed by atoms with Crippen LogP contribution in [0.15, 0.2) is 36.9 Å². The van der Waals surface area contributed by atoms with Crippen LogP contribution < -0.4 is 10.6 Å². The Bertz CT molecular complexity index is 714. The van der Waals surface area contributed by atoms with Crippen LogP contribution in [0.3, 0.4) is 0 Å². The molecule has 0 fully saturated rings. The minimum Gasteiger partial charge on any atom is -0.383 e. The van der Waals surface area contributed by atoms with Crippen molar-refractivity contribution in [3.8, 4) is 0 Å². The second kappa shape index (κ2) is 7.36. The molecule has 0 aliphatic rings. The van der Waals surface area contributed by atoms with E-state index in [4.69, 9.17) is 0 Å². The van der Waals surface area contributed by atoms with E-state index in [-0.39, 0.29) is 0 Å². The van der Waals surface area contributed by atoms with Crippen molar-refractivity contribution in [2.24, 2.45) is 0 Å². The summed E-state index contributed by atoms with van der Waals surface area (Å²) in [6, 6.07) is 10.9. The first-order chi connectivity index (χ1) is 10.9. The maximum atomic E-state index is 4.05. The van der Waals surface area contributed by atoms with Crippen molar-refractivity contribution in [3.05, 3.63) is 64.7 Å². The van der Waals surface area contributed by atoms with Crippen molar-refractivity contribution in [1.82, 2.24) is 0 Å². The van der Waals surface area contributed by atoms with Crippen LogP contribution >= 0.6 is 0 Å². The highest BCUT2D eigenvalue weighted by atomic mass is 14.9.